The van der Waals surface area contributed by atoms with Crippen molar-refractivity contribution in [3.63, 3.8) is 0 Å². The Bertz CT molecular complexity index is 624. The molecule has 1 fully saturated rings. The summed E-state index contributed by atoms with van der Waals surface area (Å²) in [5.41, 5.74) is 3.95. The van der Waals surface area contributed by atoms with Crippen molar-refractivity contribution in [2.75, 3.05) is 13.1 Å². The minimum atomic E-state index is -0.359. The lowest BCUT2D eigenvalue weighted by molar-refractivity contribution is 0.00557. The molecule has 1 aromatic heterocycles. The summed E-state index contributed by atoms with van der Waals surface area (Å²) < 4.78 is 0. The summed E-state index contributed by atoms with van der Waals surface area (Å²) in [6, 6.07) is 6.05. The molecule has 0 atom stereocenters. The summed E-state index contributed by atoms with van der Waals surface area (Å²) in [6.07, 6.45) is -0.359. The summed E-state index contributed by atoms with van der Waals surface area (Å²) in [6.45, 7) is 4.96. The molecule has 0 unspecified atom stereocenters. The number of β-amino-alcohol motifs (C(OH)–C–C–N with tert-alkyl or cyclic N) is 1. The predicted molar refractivity (Wildman–Crippen MR) is 69.7 cm³/mol. The third-order valence-electron chi connectivity index (χ3n) is 3.47. The molecular formula is C14H16N2O2. The number of rotatable bonds is 1. The van der Waals surface area contributed by atoms with Gasteiger partial charge >= 0.3 is 0 Å². The van der Waals surface area contributed by atoms with Crippen LogP contribution in [0.3, 0.4) is 0 Å². The van der Waals surface area contributed by atoms with Crippen LogP contribution in [0.5, 0.6) is 0 Å². The molecule has 1 aliphatic heterocycles. The number of carbonyl (C=O) groups is 1. The number of fused-ring (bicyclic) bond motifs is 1. The fraction of sp³-hybridized carbons (Fsp3) is 0.357. The Morgan fingerprint density at radius 2 is 2.06 bits per heavy atom. The Kier molecular flexibility index (Phi) is 2.41. The summed E-state index contributed by atoms with van der Waals surface area (Å²) in [5, 5.41) is 10.3. The van der Waals surface area contributed by atoms with Crippen molar-refractivity contribution in [1.29, 1.82) is 0 Å². The maximum absolute atomic E-state index is 12.1. The van der Waals surface area contributed by atoms with E-state index in [0.717, 1.165) is 10.9 Å². The van der Waals surface area contributed by atoms with E-state index in [1.165, 1.54) is 11.1 Å². The predicted octanol–water partition coefficient (Wildman–Crippen LogP) is 1.60. The number of H-pyrrole nitrogens is 1. The van der Waals surface area contributed by atoms with Crippen LogP contribution in [0.4, 0.5) is 0 Å². The molecule has 0 aliphatic carbocycles. The zero-order valence-electron chi connectivity index (χ0n) is 10.5. The van der Waals surface area contributed by atoms with E-state index in [-0.39, 0.29) is 12.0 Å². The van der Waals surface area contributed by atoms with E-state index in [4.69, 9.17) is 0 Å². The Hall–Kier alpha value is -1.81. The maximum atomic E-state index is 12.1. The van der Waals surface area contributed by atoms with Gasteiger partial charge in [-0.25, -0.2) is 0 Å². The summed E-state index contributed by atoms with van der Waals surface area (Å²) in [4.78, 5) is 16.9. The molecule has 1 amide bonds. The highest BCUT2D eigenvalue weighted by Gasteiger charge is 2.30. The number of hydrogen-bond acceptors (Lipinski definition) is 2. The van der Waals surface area contributed by atoms with E-state index in [2.05, 4.69) is 11.1 Å². The minimum absolute atomic E-state index is 0.0337. The first-order valence-corrected chi connectivity index (χ1v) is 6.12. The molecule has 4 nitrogen and oxygen atoms in total. The Labute approximate surface area is 105 Å². The van der Waals surface area contributed by atoms with Crippen LogP contribution < -0.4 is 0 Å². The minimum Gasteiger partial charge on any atom is -0.389 e. The Morgan fingerprint density at radius 1 is 1.33 bits per heavy atom. The number of aromatic amines is 1. The number of nitrogens with zero attached hydrogens (tertiary/aromatic N) is 1. The monoisotopic (exact) mass is 244 g/mol. The number of aromatic nitrogens is 1. The highest BCUT2D eigenvalue weighted by Crippen LogP contribution is 2.23. The van der Waals surface area contributed by atoms with E-state index in [1.54, 1.807) is 4.90 Å². The van der Waals surface area contributed by atoms with Crippen LogP contribution in [0, 0.1) is 13.8 Å². The zero-order chi connectivity index (χ0) is 12.9. The molecular weight excluding hydrogens is 228 g/mol. The lowest BCUT2D eigenvalue weighted by Gasteiger charge is -2.35. The quantitative estimate of drug-likeness (QED) is 0.800. The van der Waals surface area contributed by atoms with Crippen molar-refractivity contribution < 1.29 is 9.90 Å². The summed E-state index contributed by atoms with van der Waals surface area (Å²) in [7, 11) is 0. The fourth-order valence-corrected chi connectivity index (χ4v) is 2.51. The van der Waals surface area contributed by atoms with Crippen molar-refractivity contribution in [2.24, 2.45) is 0 Å². The average Bonchev–Trinajstić information content (AvgIpc) is 2.68. The normalized spacial score (nSPS) is 16.1. The molecule has 1 saturated heterocycles. The number of carbonyl (C=O) groups excluding carboxylic acids is 1. The van der Waals surface area contributed by atoms with Gasteiger partial charge in [0.15, 0.2) is 0 Å². The van der Waals surface area contributed by atoms with E-state index in [1.807, 2.05) is 26.0 Å². The van der Waals surface area contributed by atoms with Gasteiger partial charge in [-0.05, 0) is 37.1 Å². The van der Waals surface area contributed by atoms with Crippen LogP contribution in [0.1, 0.15) is 21.6 Å². The summed E-state index contributed by atoms with van der Waals surface area (Å²) in [5.74, 6) is -0.0337. The second-order valence-corrected chi connectivity index (χ2v) is 5.09. The molecule has 1 aromatic carbocycles. The molecule has 3 rings (SSSR count). The van der Waals surface area contributed by atoms with Crippen molar-refractivity contribution in [3.8, 4) is 0 Å². The number of aliphatic hydroxyl groups excluding tert-OH is 1. The van der Waals surface area contributed by atoms with Crippen molar-refractivity contribution in [1.82, 2.24) is 9.88 Å². The maximum Gasteiger partial charge on any atom is 0.270 e. The number of benzene rings is 1. The van der Waals surface area contributed by atoms with Gasteiger partial charge in [-0.1, -0.05) is 6.07 Å². The van der Waals surface area contributed by atoms with Gasteiger partial charge in [-0.3, -0.25) is 4.79 Å². The standard InChI is InChI=1S/C14H16N2O2/c1-8-3-9(2)11-5-13(15-12(11)4-8)14(18)16-6-10(17)7-16/h3-5,10,15,17H,6-7H2,1-2H3. The number of aliphatic hydroxyl groups is 1. The SMILES string of the molecule is Cc1cc(C)c2cc(C(=O)N3CC(O)C3)[nH]c2c1. The Balaban J connectivity index is 1.98. The van der Waals surface area contributed by atoms with Crippen LogP contribution in [0.15, 0.2) is 18.2 Å². The van der Waals surface area contributed by atoms with Gasteiger partial charge in [0.05, 0.1) is 6.10 Å². The van der Waals surface area contributed by atoms with Crippen LogP contribution >= 0.6 is 0 Å². The lowest BCUT2D eigenvalue weighted by Crippen LogP contribution is -2.53. The second kappa shape index (κ2) is 3.85. The zero-order valence-corrected chi connectivity index (χ0v) is 10.5. The van der Waals surface area contributed by atoms with Crippen LogP contribution in [-0.2, 0) is 0 Å². The largest absolute Gasteiger partial charge is 0.389 e. The molecule has 4 heteroatoms. The molecule has 0 radical (unpaired) electrons. The van der Waals surface area contributed by atoms with E-state index >= 15 is 0 Å². The van der Waals surface area contributed by atoms with Crippen molar-refractivity contribution in [3.05, 3.63) is 35.0 Å². The number of likely N-dealkylation sites (tertiary alicyclic amines) is 1. The van der Waals surface area contributed by atoms with E-state index in [0.29, 0.717) is 18.8 Å². The van der Waals surface area contributed by atoms with Crippen LogP contribution in [-0.4, -0.2) is 40.1 Å². The van der Waals surface area contributed by atoms with E-state index < -0.39 is 0 Å². The van der Waals surface area contributed by atoms with Gasteiger partial charge < -0.3 is 15.0 Å². The number of hydrogen-bond donors (Lipinski definition) is 2. The Morgan fingerprint density at radius 3 is 2.72 bits per heavy atom. The van der Waals surface area contributed by atoms with Gasteiger partial charge in [0.25, 0.3) is 5.91 Å². The highest BCUT2D eigenvalue weighted by atomic mass is 16.3. The smallest absolute Gasteiger partial charge is 0.270 e. The van der Waals surface area contributed by atoms with Crippen molar-refractivity contribution in [2.45, 2.75) is 20.0 Å². The summed E-state index contributed by atoms with van der Waals surface area (Å²) >= 11 is 0. The van der Waals surface area contributed by atoms with Gasteiger partial charge in [-0.15, -0.1) is 0 Å². The molecule has 0 saturated carbocycles. The highest BCUT2D eigenvalue weighted by molar-refractivity contribution is 5.99. The molecule has 1 aliphatic rings. The topological polar surface area (TPSA) is 56.3 Å². The lowest BCUT2D eigenvalue weighted by atomic mass is 10.1. The number of amides is 1. The second-order valence-electron chi connectivity index (χ2n) is 5.09. The molecule has 0 spiro atoms. The third kappa shape index (κ3) is 1.69. The first-order chi connectivity index (χ1) is 8.54. The number of nitrogens with one attached hydrogen (secondary N) is 1. The van der Waals surface area contributed by atoms with Gasteiger partial charge in [-0.2, -0.15) is 0 Å². The van der Waals surface area contributed by atoms with E-state index in [9.17, 15) is 9.90 Å². The molecule has 0 bridgehead atoms. The van der Waals surface area contributed by atoms with Crippen LogP contribution in [0.2, 0.25) is 0 Å². The number of aryl methyl sites for hydroxylation is 2. The first kappa shape index (κ1) is 11.3. The van der Waals surface area contributed by atoms with Crippen LogP contribution in [0.25, 0.3) is 10.9 Å². The van der Waals surface area contributed by atoms with Gasteiger partial charge in [0.1, 0.15) is 5.69 Å². The van der Waals surface area contributed by atoms with Gasteiger partial charge in [0, 0.05) is 24.0 Å². The third-order valence-corrected chi connectivity index (χ3v) is 3.47. The fourth-order valence-electron chi connectivity index (χ4n) is 2.51. The van der Waals surface area contributed by atoms with Crippen molar-refractivity contribution >= 4 is 16.8 Å². The molecule has 2 aromatic rings. The molecule has 2 heterocycles. The first-order valence-electron chi connectivity index (χ1n) is 6.12. The molecule has 18 heavy (non-hydrogen) atoms. The van der Waals surface area contributed by atoms with Gasteiger partial charge in [0.2, 0.25) is 0 Å². The average molecular weight is 244 g/mol. The molecule has 2 N–H and O–H groups in total. The molecule has 94 valence electrons.